The minimum atomic E-state index is -1.28. The average Bonchev–Trinajstić information content (AvgIpc) is 2.81. The highest BCUT2D eigenvalue weighted by Crippen LogP contribution is 2.48. The summed E-state index contributed by atoms with van der Waals surface area (Å²) in [4.78, 5) is 0. The predicted octanol–water partition coefficient (Wildman–Crippen LogP) is 3.11. The molecule has 0 spiro atoms. The topological polar surface area (TPSA) is 70.0 Å². The molecule has 3 nitrogen and oxygen atoms in total. The van der Waals surface area contributed by atoms with Crippen LogP contribution in [0.2, 0.25) is 0 Å². The zero-order chi connectivity index (χ0) is 15.7. The van der Waals surface area contributed by atoms with Crippen molar-refractivity contribution in [2.24, 2.45) is 5.73 Å². The molecule has 2 aromatic rings. The predicted molar refractivity (Wildman–Crippen MR) is 85.7 cm³/mol. The van der Waals surface area contributed by atoms with Crippen molar-refractivity contribution in [3.8, 4) is 6.07 Å². The first kappa shape index (κ1) is 14.4. The molecule has 0 radical (unpaired) electrons. The van der Waals surface area contributed by atoms with E-state index >= 15 is 0 Å². The third-order valence-corrected chi connectivity index (χ3v) is 4.44. The van der Waals surface area contributed by atoms with E-state index in [1.165, 1.54) is 0 Å². The number of nitriles is 1. The molecular formula is C19H18N2O. The van der Waals surface area contributed by atoms with Gasteiger partial charge in [0.05, 0.1) is 17.3 Å². The minimum Gasteiger partial charge on any atom is -0.399 e. The van der Waals surface area contributed by atoms with Gasteiger partial charge in [-0.2, -0.15) is 5.26 Å². The Morgan fingerprint density at radius 1 is 1.14 bits per heavy atom. The molecule has 3 heteroatoms. The molecular weight excluding hydrogens is 272 g/mol. The zero-order valence-corrected chi connectivity index (χ0v) is 12.5. The van der Waals surface area contributed by atoms with E-state index in [1.807, 2.05) is 61.5 Å². The van der Waals surface area contributed by atoms with Crippen molar-refractivity contribution in [3.63, 3.8) is 0 Å². The van der Waals surface area contributed by atoms with Crippen molar-refractivity contribution in [3.05, 3.63) is 82.6 Å². The molecule has 3 N–H and O–H groups in total. The van der Waals surface area contributed by atoms with Gasteiger partial charge in [-0.25, -0.2) is 0 Å². The Morgan fingerprint density at radius 2 is 1.77 bits per heavy atom. The van der Waals surface area contributed by atoms with Gasteiger partial charge >= 0.3 is 0 Å². The Morgan fingerprint density at radius 3 is 2.36 bits per heavy atom. The van der Waals surface area contributed by atoms with Crippen LogP contribution in [0.4, 0.5) is 0 Å². The number of rotatable bonds is 2. The van der Waals surface area contributed by atoms with Gasteiger partial charge in [-0.05, 0) is 24.5 Å². The highest BCUT2D eigenvalue weighted by Gasteiger charge is 2.45. The van der Waals surface area contributed by atoms with Gasteiger partial charge in [-0.3, -0.25) is 0 Å². The Hall–Kier alpha value is -2.57. The minimum absolute atomic E-state index is 0.169. The average molecular weight is 290 g/mol. The summed E-state index contributed by atoms with van der Waals surface area (Å²) in [5.74, 6) is -0.169. The summed E-state index contributed by atoms with van der Waals surface area (Å²) < 4.78 is 0. The third kappa shape index (κ3) is 2.18. The van der Waals surface area contributed by atoms with Crippen LogP contribution in [-0.2, 0) is 5.60 Å². The van der Waals surface area contributed by atoms with Gasteiger partial charge in [0, 0.05) is 5.92 Å². The van der Waals surface area contributed by atoms with Crippen LogP contribution in [0.3, 0.4) is 0 Å². The molecule has 0 fully saturated rings. The smallest absolute Gasteiger partial charge is 0.131 e. The van der Waals surface area contributed by atoms with Crippen LogP contribution >= 0.6 is 0 Å². The highest BCUT2D eigenvalue weighted by atomic mass is 16.3. The molecule has 110 valence electrons. The molecule has 0 aliphatic heterocycles. The molecule has 1 aliphatic rings. The van der Waals surface area contributed by atoms with Gasteiger partial charge in [0.25, 0.3) is 0 Å². The molecule has 0 bridgehead atoms. The lowest BCUT2D eigenvalue weighted by Crippen LogP contribution is -2.30. The number of hydrogen-bond acceptors (Lipinski definition) is 3. The van der Waals surface area contributed by atoms with Gasteiger partial charge < -0.3 is 10.8 Å². The van der Waals surface area contributed by atoms with Crippen LogP contribution < -0.4 is 5.73 Å². The van der Waals surface area contributed by atoms with Crippen LogP contribution in [0, 0.1) is 18.3 Å². The van der Waals surface area contributed by atoms with Crippen molar-refractivity contribution >= 4 is 0 Å². The molecule has 0 saturated carbocycles. The first-order valence-corrected chi connectivity index (χ1v) is 7.31. The van der Waals surface area contributed by atoms with Crippen molar-refractivity contribution < 1.29 is 5.11 Å². The molecule has 0 unspecified atom stereocenters. The molecule has 0 amide bonds. The molecule has 2 aromatic carbocycles. The van der Waals surface area contributed by atoms with Gasteiger partial charge in [-0.15, -0.1) is 0 Å². The van der Waals surface area contributed by atoms with Crippen LogP contribution in [0.15, 0.2) is 65.9 Å². The first-order chi connectivity index (χ1) is 10.6. The summed E-state index contributed by atoms with van der Waals surface area (Å²) in [7, 11) is 0. The van der Waals surface area contributed by atoms with E-state index in [0.717, 1.165) is 16.7 Å². The molecule has 2 atom stereocenters. The van der Waals surface area contributed by atoms with E-state index in [2.05, 4.69) is 6.07 Å². The normalized spacial score (nSPS) is 24.3. The second kappa shape index (κ2) is 5.32. The fourth-order valence-electron chi connectivity index (χ4n) is 3.13. The maximum atomic E-state index is 11.1. The first-order valence-electron chi connectivity index (χ1n) is 7.31. The number of aliphatic hydroxyl groups is 1. The number of allylic oxidation sites excluding steroid dienone is 1. The number of nitrogens with zero attached hydrogens (tertiary/aromatic N) is 1. The summed E-state index contributed by atoms with van der Waals surface area (Å²) in [6.07, 6.45) is 0.398. The summed E-state index contributed by atoms with van der Waals surface area (Å²) in [6.45, 7) is 2.00. The molecule has 22 heavy (non-hydrogen) atoms. The Balaban J connectivity index is 2.07. The largest absolute Gasteiger partial charge is 0.399 e. The standard InChI is InChI=1S/C19H18N2O/c1-13-7-9-15(10-8-13)19(22)11-16(17(12-20)18(19)21)14-5-3-2-4-6-14/h2-10,16,22H,11,21H2,1H3/t16-,19-/m1/s1. The second-order valence-corrected chi connectivity index (χ2v) is 5.83. The van der Waals surface area contributed by atoms with Gasteiger partial charge in [-0.1, -0.05) is 60.2 Å². The summed E-state index contributed by atoms with van der Waals surface area (Å²) >= 11 is 0. The van der Waals surface area contributed by atoms with Crippen LogP contribution in [-0.4, -0.2) is 5.11 Å². The lowest BCUT2D eigenvalue weighted by molar-refractivity contribution is 0.0724. The highest BCUT2D eigenvalue weighted by molar-refractivity contribution is 5.50. The van der Waals surface area contributed by atoms with Crippen molar-refractivity contribution in [2.75, 3.05) is 0 Å². The van der Waals surface area contributed by atoms with E-state index in [0.29, 0.717) is 12.0 Å². The maximum absolute atomic E-state index is 11.1. The van der Waals surface area contributed by atoms with Crippen molar-refractivity contribution in [1.29, 1.82) is 5.26 Å². The quantitative estimate of drug-likeness (QED) is 0.892. The molecule has 3 rings (SSSR count). The van der Waals surface area contributed by atoms with Crippen molar-refractivity contribution in [1.82, 2.24) is 0 Å². The summed E-state index contributed by atoms with van der Waals surface area (Å²) in [6, 6.07) is 19.6. The van der Waals surface area contributed by atoms with Crippen LogP contribution in [0.1, 0.15) is 29.0 Å². The molecule has 1 aliphatic carbocycles. The Bertz CT molecular complexity index is 756. The van der Waals surface area contributed by atoms with E-state index < -0.39 is 5.60 Å². The van der Waals surface area contributed by atoms with Gasteiger partial charge in [0.15, 0.2) is 0 Å². The summed E-state index contributed by atoms with van der Waals surface area (Å²) in [5.41, 5.74) is 8.49. The number of benzene rings is 2. The van der Waals surface area contributed by atoms with Crippen LogP contribution in [0.25, 0.3) is 0 Å². The Labute approximate surface area is 130 Å². The lowest BCUT2D eigenvalue weighted by atomic mass is 9.86. The fourth-order valence-corrected chi connectivity index (χ4v) is 3.13. The number of hydrogen-bond donors (Lipinski definition) is 2. The molecule has 0 saturated heterocycles. The molecule has 0 heterocycles. The maximum Gasteiger partial charge on any atom is 0.131 e. The van der Waals surface area contributed by atoms with Gasteiger partial charge in [0.2, 0.25) is 0 Å². The number of nitrogens with two attached hydrogens (primary N) is 1. The van der Waals surface area contributed by atoms with Gasteiger partial charge in [0.1, 0.15) is 5.60 Å². The van der Waals surface area contributed by atoms with E-state index in [4.69, 9.17) is 5.73 Å². The van der Waals surface area contributed by atoms with E-state index in [9.17, 15) is 10.4 Å². The fraction of sp³-hybridized carbons (Fsp3) is 0.211. The second-order valence-electron chi connectivity index (χ2n) is 5.83. The SMILES string of the molecule is Cc1ccc([C@]2(O)C[C@H](c3ccccc3)C(C#N)=C2N)cc1. The lowest BCUT2D eigenvalue weighted by Gasteiger charge is -2.25. The van der Waals surface area contributed by atoms with Crippen LogP contribution in [0.5, 0.6) is 0 Å². The van der Waals surface area contributed by atoms with E-state index in [-0.39, 0.29) is 11.6 Å². The Kier molecular flexibility index (Phi) is 3.48. The van der Waals surface area contributed by atoms with Crippen molar-refractivity contribution in [2.45, 2.75) is 24.9 Å². The monoisotopic (exact) mass is 290 g/mol. The zero-order valence-electron chi connectivity index (χ0n) is 12.5. The van der Waals surface area contributed by atoms with E-state index in [1.54, 1.807) is 0 Å². The molecule has 0 aromatic heterocycles. The number of aryl methyl sites for hydroxylation is 1. The third-order valence-electron chi connectivity index (χ3n) is 4.44. The summed E-state index contributed by atoms with van der Waals surface area (Å²) in [5, 5.41) is 20.6.